The zero-order valence-corrected chi connectivity index (χ0v) is 14.3. The van der Waals surface area contributed by atoms with Crippen molar-refractivity contribution in [2.45, 2.75) is 0 Å². The number of anilines is 2. The van der Waals surface area contributed by atoms with Gasteiger partial charge in [-0.15, -0.1) is 0 Å². The van der Waals surface area contributed by atoms with Crippen LogP contribution in [0.25, 0.3) is 28.2 Å². The molecule has 27 heavy (non-hydrogen) atoms. The van der Waals surface area contributed by atoms with Gasteiger partial charge in [0.2, 0.25) is 11.9 Å². The van der Waals surface area contributed by atoms with Crippen molar-refractivity contribution >= 4 is 28.7 Å². The third kappa shape index (κ3) is 3.13. The minimum absolute atomic E-state index is 0.166. The molecule has 1 amide bonds. The van der Waals surface area contributed by atoms with E-state index in [-0.39, 0.29) is 11.9 Å². The third-order valence-electron chi connectivity index (χ3n) is 4.01. The number of carbonyl (C=O) groups excluding carboxylic acids is 1. The minimum Gasteiger partial charge on any atom is -0.368 e. The number of imidazole rings is 1. The van der Waals surface area contributed by atoms with Crippen molar-refractivity contribution in [1.29, 1.82) is 0 Å². The lowest BCUT2D eigenvalue weighted by Gasteiger charge is -2.11. The molecule has 132 valence electrons. The van der Waals surface area contributed by atoms with Crippen LogP contribution in [0, 0.1) is 0 Å². The highest BCUT2D eigenvalue weighted by Crippen LogP contribution is 2.28. The summed E-state index contributed by atoms with van der Waals surface area (Å²) in [6.07, 6.45) is 2.83. The number of carbonyl (C=O) groups is 1. The fourth-order valence-electron chi connectivity index (χ4n) is 2.83. The van der Waals surface area contributed by atoms with E-state index >= 15 is 0 Å². The number of amides is 1. The number of hydrogen-bond donors (Lipinski definition) is 2. The average Bonchev–Trinajstić information content (AvgIpc) is 3.07. The number of hydrogen-bond acceptors (Lipinski definition) is 5. The topological polar surface area (TPSA) is 98.7 Å². The molecule has 7 nitrogen and oxygen atoms in total. The highest BCUT2D eigenvalue weighted by atomic mass is 16.1. The Bertz CT molecular complexity index is 1150. The monoisotopic (exact) mass is 356 g/mol. The fraction of sp³-hybridized carbons (Fsp3) is 0. The molecule has 0 radical (unpaired) electrons. The van der Waals surface area contributed by atoms with Crippen molar-refractivity contribution in [3.05, 3.63) is 73.4 Å². The second-order valence-corrected chi connectivity index (χ2v) is 5.82. The summed E-state index contributed by atoms with van der Waals surface area (Å²) in [6.45, 7) is 3.48. The molecule has 0 fully saturated rings. The van der Waals surface area contributed by atoms with Gasteiger partial charge in [0.05, 0.1) is 11.9 Å². The van der Waals surface area contributed by atoms with Gasteiger partial charge in [0.1, 0.15) is 11.3 Å². The Morgan fingerprint density at radius 2 is 1.93 bits per heavy atom. The molecular formula is C20H16N6O. The second-order valence-electron chi connectivity index (χ2n) is 5.82. The summed E-state index contributed by atoms with van der Waals surface area (Å²) in [5.74, 6) is 0.592. The predicted molar refractivity (Wildman–Crippen MR) is 105 cm³/mol. The molecule has 0 aliphatic rings. The van der Waals surface area contributed by atoms with Gasteiger partial charge in [-0.1, -0.05) is 43.0 Å². The number of benzene rings is 2. The van der Waals surface area contributed by atoms with E-state index in [1.54, 1.807) is 12.3 Å². The van der Waals surface area contributed by atoms with E-state index in [1.807, 2.05) is 53.1 Å². The maximum Gasteiger partial charge on any atom is 0.247 e. The van der Waals surface area contributed by atoms with Crippen LogP contribution in [0.4, 0.5) is 11.6 Å². The van der Waals surface area contributed by atoms with Crippen molar-refractivity contribution < 1.29 is 4.79 Å². The standard InChI is InChI=1S/C20H16N6O/c1-2-17(27)23-14-9-6-10-15(11-14)26-18(13-7-4-3-5-8-13)24-16-12-22-20(21)25-19(16)26/h2-12H,1H2,(H,23,27)(H2,21,22,25). The van der Waals surface area contributed by atoms with Crippen LogP contribution < -0.4 is 11.1 Å². The van der Waals surface area contributed by atoms with E-state index < -0.39 is 0 Å². The molecule has 0 saturated heterocycles. The quantitative estimate of drug-likeness (QED) is 0.547. The molecule has 0 saturated carbocycles. The van der Waals surface area contributed by atoms with Crippen molar-refractivity contribution in [2.75, 3.05) is 11.1 Å². The lowest BCUT2D eigenvalue weighted by atomic mass is 10.2. The summed E-state index contributed by atoms with van der Waals surface area (Å²) in [4.78, 5) is 24.7. The summed E-state index contributed by atoms with van der Waals surface area (Å²) in [6, 6.07) is 17.2. The molecular weight excluding hydrogens is 340 g/mol. The number of fused-ring (bicyclic) bond motifs is 1. The van der Waals surface area contributed by atoms with E-state index in [1.165, 1.54) is 6.08 Å². The lowest BCUT2D eigenvalue weighted by Crippen LogP contribution is -2.08. The number of nitrogens with zero attached hydrogens (tertiary/aromatic N) is 4. The Labute approximate surface area is 155 Å². The van der Waals surface area contributed by atoms with Gasteiger partial charge < -0.3 is 11.1 Å². The van der Waals surface area contributed by atoms with Crippen LogP contribution in [-0.4, -0.2) is 25.4 Å². The van der Waals surface area contributed by atoms with Gasteiger partial charge in [-0.3, -0.25) is 9.36 Å². The van der Waals surface area contributed by atoms with E-state index in [2.05, 4.69) is 26.8 Å². The molecule has 0 aliphatic carbocycles. The minimum atomic E-state index is -0.280. The van der Waals surface area contributed by atoms with E-state index in [0.717, 1.165) is 11.3 Å². The number of nitrogens with one attached hydrogen (secondary N) is 1. The van der Waals surface area contributed by atoms with Crippen LogP contribution in [0.5, 0.6) is 0 Å². The Kier molecular flexibility index (Phi) is 4.10. The average molecular weight is 356 g/mol. The molecule has 2 aromatic heterocycles. The van der Waals surface area contributed by atoms with Crippen LogP contribution in [0.15, 0.2) is 73.4 Å². The molecule has 0 unspecified atom stereocenters. The molecule has 3 N–H and O–H groups in total. The smallest absolute Gasteiger partial charge is 0.247 e. The van der Waals surface area contributed by atoms with Crippen LogP contribution in [-0.2, 0) is 4.79 Å². The maximum atomic E-state index is 11.6. The summed E-state index contributed by atoms with van der Waals surface area (Å²) in [5, 5.41) is 2.76. The van der Waals surface area contributed by atoms with Crippen LogP contribution >= 0.6 is 0 Å². The maximum absolute atomic E-state index is 11.6. The van der Waals surface area contributed by atoms with Crippen molar-refractivity contribution in [3.8, 4) is 17.1 Å². The SMILES string of the molecule is C=CC(=O)Nc1cccc(-n2c(-c3ccccc3)nc3cnc(N)nc32)c1. The first-order chi connectivity index (χ1) is 13.2. The lowest BCUT2D eigenvalue weighted by molar-refractivity contribution is -0.111. The van der Waals surface area contributed by atoms with Crippen molar-refractivity contribution in [3.63, 3.8) is 0 Å². The molecule has 2 heterocycles. The summed E-state index contributed by atoms with van der Waals surface area (Å²) in [7, 11) is 0. The normalized spacial score (nSPS) is 10.7. The molecule has 4 rings (SSSR count). The summed E-state index contributed by atoms with van der Waals surface area (Å²) < 4.78 is 1.90. The first-order valence-electron chi connectivity index (χ1n) is 8.26. The van der Waals surface area contributed by atoms with E-state index in [0.29, 0.717) is 22.7 Å². The Hall–Kier alpha value is -4.00. The molecule has 0 atom stereocenters. The van der Waals surface area contributed by atoms with Gasteiger partial charge in [0.25, 0.3) is 0 Å². The fourth-order valence-corrected chi connectivity index (χ4v) is 2.83. The van der Waals surface area contributed by atoms with Gasteiger partial charge in [-0.25, -0.2) is 9.97 Å². The molecule has 2 aromatic carbocycles. The number of nitrogen functional groups attached to an aromatic ring is 1. The Morgan fingerprint density at radius 3 is 2.70 bits per heavy atom. The second kappa shape index (κ2) is 6.72. The Morgan fingerprint density at radius 1 is 1.11 bits per heavy atom. The van der Waals surface area contributed by atoms with Crippen LogP contribution in [0.1, 0.15) is 0 Å². The zero-order valence-electron chi connectivity index (χ0n) is 14.3. The van der Waals surface area contributed by atoms with Crippen molar-refractivity contribution in [2.24, 2.45) is 0 Å². The van der Waals surface area contributed by atoms with Crippen LogP contribution in [0.3, 0.4) is 0 Å². The highest BCUT2D eigenvalue weighted by molar-refractivity contribution is 5.99. The number of rotatable bonds is 4. The molecule has 0 bridgehead atoms. The van der Waals surface area contributed by atoms with Gasteiger partial charge in [-0.05, 0) is 24.3 Å². The van der Waals surface area contributed by atoms with Crippen LogP contribution in [0.2, 0.25) is 0 Å². The highest BCUT2D eigenvalue weighted by Gasteiger charge is 2.16. The van der Waals surface area contributed by atoms with E-state index in [9.17, 15) is 4.79 Å². The van der Waals surface area contributed by atoms with Gasteiger partial charge >= 0.3 is 0 Å². The molecule has 0 spiro atoms. The third-order valence-corrected chi connectivity index (χ3v) is 4.01. The van der Waals surface area contributed by atoms with E-state index in [4.69, 9.17) is 5.73 Å². The molecule has 7 heteroatoms. The first kappa shape index (κ1) is 16.5. The molecule has 0 aliphatic heterocycles. The van der Waals surface area contributed by atoms with Gasteiger partial charge in [0, 0.05) is 11.3 Å². The number of aromatic nitrogens is 4. The zero-order chi connectivity index (χ0) is 18.8. The number of nitrogens with two attached hydrogens (primary N) is 1. The first-order valence-corrected chi connectivity index (χ1v) is 8.26. The predicted octanol–water partition coefficient (Wildman–Crippen LogP) is 3.19. The molecule has 4 aromatic rings. The largest absolute Gasteiger partial charge is 0.368 e. The van der Waals surface area contributed by atoms with Gasteiger partial charge in [-0.2, -0.15) is 4.98 Å². The summed E-state index contributed by atoms with van der Waals surface area (Å²) in [5.41, 5.74) is 9.37. The van der Waals surface area contributed by atoms with Gasteiger partial charge in [0.15, 0.2) is 5.65 Å². The Balaban J connectivity index is 1.95. The summed E-state index contributed by atoms with van der Waals surface area (Å²) >= 11 is 0. The van der Waals surface area contributed by atoms with Crippen molar-refractivity contribution in [1.82, 2.24) is 19.5 Å².